The number of carbonyl (C=O) groups is 1. The van der Waals surface area contributed by atoms with Gasteiger partial charge in [-0.3, -0.25) is 9.59 Å². The van der Waals surface area contributed by atoms with Gasteiger partial charge in [-0.1, -0.05) is 29.8 Å². The van der Waals surface area contributed by atoms with Gasteiger partial charge in [0.25, 0.3) is 11.5 Å². The van der Waals surface area contributed by atoms with E-state index in [0.29, 0.717) is 22.9 Å². The zero-order valence-electron chi connectivity index (χ0n) is 16.2. The van der Waals surface area contributed by atoms with Gasteiger partial charge in [0.2, 0.25) is 0 Å². The van der Waals surface area contributed by atoms with Gasteiger partial charge < -0.3 is 14.4 Å². The Hall–Kier alpha value is -3.58. The molecule has 0 fully saturated rings. The van der Waals surface area contributed by atoms with Crippen LogP contribution in [-0.4, -0.2) is 28.4 Å². The quantitative estimate of drug-likeness (QED) is 0.448. The van der Waals surface area contributed by atoms with Crippen LogP contribution in [-0.2, 0) is 6.54 Å². The lowest BCUT2D eigenvalue weighted by molar-refractivity contribution is 0.0953. The highest BCUT2D eigenvalue weighted by Gasteiger charge is 2.12. The molecule has 0 radical (unpaired) electrons. The van der Waals surface area contributed by atoms with Gasteiger partial charge in [0.1, 0.15) is 5.56 Å². The standard InChI is InChI=1S/C22H20ClN3O4/c1-2-30-19-10-4-7-16(20(19)27)13-24-25-21(28)18-9-5-11-26(22(18)29)14-15-6-3-8-17(23)12-15/h3-13,27H,2,14H2,1H3,(H,25,28)/b24-13-. The van der Waals surface area contributed by atoms with Crippen molar-refractivity contribution in [2.45, 2.75) is 13.5 Å². The van der Waals surface area contributed by atoms with Crippen LogP contribution in [0, 0.1) is 0 Å². The molecule has 2 N–H and O–H groups in total. The molecule has 0 saturated carbocycles. The van der Waals surface area contributed by atoms with Crippen LogP contribution in [0.2, 0.25) is 5.02 Å². The smallest absolute Gasteiger partial charge is 0.276 e. The van der Waals surface area contributed by atoms with E-state index in [9.17, 15) is 14.7 Å². The number of pyridine rings is 1. The van der Waals surface area contributed by atoms with Crippen LogP contribution in [0.3, 0.4) is 0 Å². The van der Waals surface area contributed by atoms with Crippen LogP contribution < -0.4 is 15.7 Å². The molecular formula is C22H20ClN3O4. The Morgan fingerprint density at radius 3 is 2.80 bits per heavy atom. The molecule has 1 aromatic heterocycles. The minimum atomic E-state index is -0.655. The fraction of sp³-hybridized carbons (Fsp3) is 0.136. The van der Waals surface area contributed by atoms with Crippen molar-refractivity contribution in [3.63, 3.8) is 0 Å². The summed E-state index contributed by atoms with van der Waals surface area (Å²) < 4.78 is 6.73. The number of phenolic OH excluding ortho intramolecular Hbond substituents is 1. The van der Waals surface area contributed by atoms with Gasteiger partial charge in [-0.15, -0.1) is 0 Å². The Morgan fingerprint density at radius 1 is 1.23 bits per heavy atom. The van der Waals surface area contributed by atoms with Crippen LogP contribution >= 0.6 is 11.6 Å². The summed E-state index contributed by atoms with van der Waals surface area (Å²) in [6.07, 6.45) is 2.88. The molecule has 3 aromatic rings. The van der Waals surface area contributed by atoms with E-state index in [-0.39, 0.29) is 17.9 Å². The third kappa shape index (κ3) is 5.07. The molecule has 0 unspecified atom stereocenters. The van der Waals surface area contributed by atoms with E-state index >= 15 is 0 Å². The molecule has 154 valence electrons. The minimum absolute atomic E-state index is 0.0519. The van der Waals surface area contributed by atoms with E-state index in [2.05, 4.69) is 10.5 Å². The molecule has 0 aliphatic carbocycles. The summed E-state index contributed by atoms with van der Waals surface area (Å²) in [6, 6.07) is 15.1. The van der Waals surface area contributed by atoms with Crippen molar-refractivity contribution in [2.75, 3.05) is 6.61 Å². The van der Waals surface area contributed by atoms with Crippen molar-refractivity contribution in [3.05, 3.63) is 92.9 Å². The number of para-hydroxylation sites is 1. The number of hydrazone groups is 1. The number of rotatable bonds is 7. The molecule has 1 heterocycles. The zero-order chi connectivity index (χ0) is 21.5. The number of aromatic hydroxyl groups is 1. The maximum atomic E-state index is 12.7. The second kappa shape index (κ2) is 9.76. The fourth-order valence-electron chi connectivity index (χ4n) is 2.80. The lowest BCUT2D eigenvalue weighted by Crippen LogP contribution is -2.30. The molecule has 0 atom stereocenters. The number of nitrogens with zero attached hydrogens (tertiary/aromatic N) is 2. The van der Waals surface area contributed by atoms with Crippen molar-refractivity contribution in [1.29, 1.82) is 0 Å². The lowest BCUT2D eigenvalue weighted by atomic mass is 10.2. The first-order valence-corrected chi connectivity index (χ1v) is 9.59. The molecule has 8 heteroatoms. The van der Waals surface area contributed by atoms with Crippen LogP contribution in [0.15, 0.2) is 70.7 Å². The molecule has 3 rings (SSSR count). The average molecular weight is 426 g/mol. The van der Waals surface area contributed by atoms with Crippen molar-refractivity contribution >= 4 is 23.7 Å². The summed E-state index contributed by atoms with van der Waals surface area (Å²) in [5.74, 6) is -0.419. The molecule has 2 aromatic carbocycles. The number of carbonyl (C=O) groups excluding carboxylic acids is 1. The summed E-state index contributed by atoms with van der Waals surface area (Å²) in [4.78, 5) is 25.1. The van der Waals surface area contributed by atoms with Crippen molar-refractivity contribution in [2.24, 2.45) is 5.10 Å². The number of halogens is 1. The third-order valence-electron chi connectivity index (χ3n) is 4.21. The van der Waals surface area contributed by atoms with E-state index in [1.807, 2.05) is 6.07 Å². The predicted octanol–water partition coefficient (Wildman–Crippen LogP) is 3.42. The van der Waals surface area contributed by atoms with Gasteiger partial charge in [0.15, 0.2) is 11.5 Å². The normalized spacial score (nSPS) is 10.9. The van der Waals surface area contributed by atoms with E-state index in [0.717, 1.165) is 5.56 Å². The third-order valence-corrected chi connectivity index (χ3v) is 4.44. The summed E-state index contributed by atoms with van der Waals surface area (Å²) in [5.41, 5.74) is 3.01. The van der Waals surface area contributed by atoms with Gasteiger partial charge in [-0.25, -0.2) is 5.43 Å². The van der Waals surface area contributed by atoms with E-state index < -0.39 is 11.5 Å². The Balaban J connectivity index is 1.74. The number of amides is 1. The number of aromatic nitrogens is 1. The van der Waals surface area contributed by atoms with Gasteiger partial charge in [0.05, 0.1) is 19.4 Å². The summed E-state index contributed by atoms with van der Waals surface area (Å²) in [6.45, 7) is 2.49. The van der Waals surface area contributed by atoms with Crippen molar-refractivity contribution in [1.82, 2.24) is 9.99 Å². The van der Waals surface area contributed by atoms with Gasteiger partial charge in [0, 0.05) is 16.8 Å². The summed E-state index contributed by atoms with van der Waals surface area (Å²) in [7, 11) is 0. The first kappa shape index (κ1) is 21.1. The van der Waals surface area contributed by atoms with Crippen molar-refractivity contribution < 1.29 is 14.6 Å². The second-order valence-corrected chi connectivity index (χ2v) is 6.75. The molecule has 0 spiro atoms. The van der Waals surface area contributed by atoms with E-state index in [1.165, 1.54) is 16.8 Å². The van der Waals surface area contributed by atoms with Crippen molar-refractivity contribution in [3.8, 4) is 11.5 Å². The molecule has 0 aliphatic heterocycles. The maximum Gasteiger partial charge on any atom is 0.276 e. The highest BCUT2D eigenvalue weighted by atomic mass is 35.5. The van der Waals surface area contributed by atoms with Crippen LogP contribution in [0.5, 0.6) is 11.5 Å². The Labute approximate surface area is 178 Å². The summed E-state index contributed by atoms with van der Waals surface area (Å²) in [5, 5.41) is 14.6. The molecule has 1 amide bonds. The zero-order valence-corrected chi connectivity index (χ0v) is 17.0. The molecule has 0 aliphatic rings. The van der Waals surface area contributed by atoms with Gasteiger partial charge in [-0.2, -0.15) is 5.10 Å². The molecule has 7 nitrogen and oxygen atoms in total. The monoisotopic (exact) mass is 425 g/mol. The molecule has 30 heavy (non-hydrogen) atoms. The van der Waals surface area contributed by atoms with Crippen LogP contribution in [0.25, 0.3) is 0 Å². The number of hydrogen-bond donors (Lipinski definition) is 2. The number of ether oxygens (including phenoxy) is 1. The predicted molar refractivity (Wildman–Crippen MR) is 116 cm³/mol. The number of phenols is 1. The minimum Gasteiger partial charge on any atom is -0.504 e. The SMILES string of the molecule is CCOc1cccc(/C=N\NC(=O)c2cccn(Cc3cccc(Cl)c3)c2=O)c1O. The average Bonchev–Trinajstić information content (AvgIpc) is 2.72. The first-order chi connectivity index (χ1) is 14.5. The maximum absolute atomic E-state index is 12.7. The first-order valence-electron chi connectivity index (χ1n) is 9.21. The van der Waals surface area contributed by atoms with Gasteiger partial charge in [-0.05, 0) is 48.9 Å². The number of nitrogens with one attached hydrogen (secondary N) is 1. The number of benzene rings is 2. The van der Waals surface area contributed by atoms with E-state index in [4.69, 9.17) is 16.3 Å². The topological polar surface area (TPSA) is 92.9 Å². The van der Waals surface area contributed by atoms with E-state index in [1.54, 1.807) is 55.6 Å². The molecule has 0 bridgehead atoms. The second-order valence-electron chi connectivity index (χ2n) is 6.31. The molecular weight excluding hydrogens is 406 g/mol. The fourth-order valence-corrected chi connectivity index (χ4v) is 3.02. The lowest BCUT2D eigenvalue weighted by Gasteiger charge is -2.08. The Bertz CT molecular complexity index is 1140. The Kier molecular flexibility index (Phi) is 6.87. The van der Waals surface area contributed by atoms with Crippen LogP contribution in [0.1, 0.15) is 28.4 Å². The largest absolute Gasteiger partial charge is 0.504 e. The Morgan fingerprint density at radius 2 is 2.03 bits per heavy atom. The van der Waals surface area contributed by atoms with Crippen LogP contribution in [0.4, 0.5) is 0 Å². The summed E-state index contributed by atoms with van der Waals surface area (Å²) >= 11 is 5.99. The molecule has 0 saturated heterocycles. The number of hydrogen-bond acceptors (Lipinski definition) is 5. The highest BCUT2D eigenvalue weighted by molar-refractivity contribution is 6.30. The van der Waals surface area contributed by atoms with Gasteiger partial charge >= 0.3 is 0 Å². The highest BCUT2D eigenvalue weighted by Crippen LogP contribution is 2.28.